The molecule has 0 saturated carbocycles. The molecule has 4 nitrogen and oxygen atoms in total. The number of ether oxygens (including phenoxy) is 1. The van der Waals surface area contributed by atoms with Crippen LogP contribution in [0.25, 0.3) is 10.9 Å². The third kappa shape index (κ3) is 2.62. The first-order chi connectivity index (χ1) is 10.2. The second kappa shape index (κ2) is 5.80. The topological polar surface area (TPSA) is 45.3 Å². The van der Waals surface area contributed by atoms with Gasteiger partial charge in [-0.2, -0.15) is 0 Å². The number of hydrogen-bond donors (Lipinski definition) is 1. The van der Waals surface area contributed by atoms with Gasteiger partial charge in [-0.1, -0.05) is 6.92 Å². The number of aromatic amines is 1. The summed E-state index contributed by atoms with van der Waals surface area (Å²) in [6.07, 6.45) is 4.48. The largest absolute Gasteiger partial charge is 0.497 e. The summed E-state index contributed by atoms with van der Waals surface area (Å²) < 4.78 is 5.23. The Labute approximate surface area is 125 Å². The molecule has 1 aromatic carbocycles. The summed E-state index contributed by atoms with van der Waals surface area (Å²) in [7, 11) is 1.65. The van der Waals surface area contributed by atoms with Crippen LogP contribution in [0.15, 0.2) is 24.3 Å². The van der Waals surface area contributed by atoms with Gasteiger partial charge < -0.3 is 14.6 Å². The highest BCUT2D eigenvalue weighted by atomic mass is 16.5. The molecule has 0 aliphatic carbocycles. The van der Waals surface area contributed by atoms with Crippen molar-refractivity contribution in [2.24, 2.45) is 0 Å². The number of rotatable bonds is 3. The van der Waals surface area contributed by atoms with E-state index in [0.29, 0.717) is 11.7 Å². The number of likely N-dealkylation sites (tertiary alicyclic amines) is 1. The number of nitrogens with zero attached hydrogens (tertiary/aromatic N) is 1. The van der Waals surface area contributed by atoms with E-state index in [0.717, 1.165) is 42.5 Å². The molecule has 2 heterocycles. The minimum Gasteiger partial charge on any atom is -0.497 e. The molecule has 1 aliphatic rings. The Morgan fingerprint density at radius 3 is 3.00 bits per heavy atom. The third-order valence-electron chi connectivity index (χ3n) is 4.42. The van der Waals surface area contributed by atoms with Gasteiger partial charge in [0.05, 0.1) is 7.11 Å². The first kappa shape index (κ1) is 14.0. The normalized spacial score (nSPS) is 19.0. The Morgan fingerprint density at radius 1 is 1.38 bits per heavy atom. The number of fused-ring (bicyclic) bond motifs is 1. The summed E-state index contributed by atoms with van der Waals surface area (Å²) in [6, 6.07) is 8.13. The Hall–Kier alpha value is -1.97. The zero-order valence-corrected chi connectivity index (χ0v) is 12.7. The van der Waals surface area contributed by atoms with Gasteiger partial charge in [-0.15, -0.1) is 0 Å². The highest BCUT2D eigenvalue weighted by molar-refractivity contribution is 5.98. The zero-order valence-electron chi connectivity index (χ0n) is 12.7. The van der Waals surface area contributed by atoms with Crippen LogP contribution >= 0.6 is 0 Å². The predicted molar refractivity (Wildman–Crippen MR) is 83.8 cm³/mol. The smallest absolute Gasteiger partial charge is 0.270 e. The first-order valence-corrected chi connectivity index (χ1v) is 7.70. The summed E-state index contributed by atoms with van der Waals surface area (Å²) in [6.45, 7) is 3.03. The summed E-state index contributed by atoms with van der Waals surface area (Å²) in [5.74, 6) is 0.932. The van der Waals surface area contributed by atoms with Crippen LogP contribution in [-0.4, -0.2) is 35.5 Å². The molecule has 112 valence electrons. The molecule has 1 atom stereocenters. The first-order valence-electron chi connectivity index (χ1n) is 7.70. The Morgan fingerprint density at radius 2 is 2.24 bits per heavy atom. The molecule has 1 saturated heterocycles. The fourth-order valence-electron chi connectivity index (χ4n) is 3.20. The third-order valence-corrected chi connectivity index (χ3v) is 4.42. The minimum atomic E-state index is 0.122. The quantitative estimate of drug-likeness (QED) is 0.937. The summed E-state index contributed by atoms with van der Waals surface area (Å²) in [4.78, 5) is 18.0. The van der Waals surface area contributed by atoms with Crippen molar-refractivity contribution in [2.75, 3.05) is 13.7 Å². The monoisotopic (exact) mass is 286 g/mol. The van der Waals surface area contributed by atoms with Crippen LogP contribution < -0.4 is 4.74 Å². The summed E-state index contributed by atoms with van der Waals surface area (Å²) >= 11 is 0. The van der Waals surface area contributed by atoms with Gasteiger partial charge in [0.1, 0.15) is 11.4 Å². The number of H-pyrrole nitrogens is 1. The van der Waals surface area contributed by atoms with Crippen molar-refractivity contribution in [3.8, 4) is 5.75 Å². The van der Waals surface area contributed by atoms with Gasteiger partial charge in [0, 0.05) is 23.5 Å². The molecule has 1 amide bonds. The molecule has 2 aromatic rings. The van der Waals surface area contributed by atoms with Crippen molar-refractivity contribution in [3.63, 3.8) is 0 Å². The van der Waals surface area contributed by atoms with Crippen LogP contribution in [0.5, 0.6) is 5.75 Å². The standard InChI is InChI=1S/C17H22N2O2/c1-3-13-6-4-5-9-19(13)17(20)16-11-12-10-14(21-2)7-8-15(12)18-16/h7-8,10-11,13,18H,3-6,9H2,1-2H3. The van der Waals surface area contributed by atoms with E-state index in [1.807, 2.05) is 29.2 Å². The molecule has 1 aromatic heterocycles. The Kier molecular flexibility index (Phi) is 3.86. The van der Waals surface area contributed by atoms with E-state index in [2.05, 4.69) is 11.9 Å². The van der Waals surface area contributed by atoms with E-state index in [4.69, 9.17) is 4.74 Å². The Bertz CT molecular complexity index is 647. The van der Waals surface area contributed by atoms with E-state index in [-0.39, 0.29) is 5.91 Å². The molecular weight excluding hydrogens is 264 g/mol. The minimum absolute atomic E-state index is 0.122. The van der Waals surface area contributed by atoms with Gasteiger partial charge in [0.2, 0.25) is 0 Å². The van der Waals surface area contributed by atoms with E-state index in [1.54, 1.807) is 7.11 Å². The number of benzene rings is 1. The number of carbonyl (C=O) groups is 1. The second-order valence-corrected chi connectivity index (χ2v) is 5.69. The number of carbonyl (C=O) groups excluding carboxylic acids is 1. The highest BCUT2D eigenvalue weighted by Gasteiger charge is 2.27. The molecule has 1 N–H and O–H groups in total. The van der Waals surface area contributed by atoms with Gasteiger partial charge in [-0.05, 0) is 49.9 Å². The number of methoxy groups -OCH3 is 1. The maximum absolute atomic E-state index is 12.8. The van der Waals surface area contributed by atoms with Crippen LogP contribution in [0.1, 0.15) is 43.1 Å². The van der Waals surface area contributed by atoms with Crippen LogP contribution in [0, 0.1) is 0 Å². The highest BCUT2D eigenvalue weighted by Crippen LogP contribution is 2.25. The second-order valence-electron chi connectivity index (χ2n) is 5.69. The van der Waals surface area contributed by atoms with E-state index in [9.17, 15) is 4.79 Å². The van der Waals surface area contributed by atoms with Gasteiger partial charge in [0.15, 0.2) is 0 Å². The van der Waals surface area contributed by atoms with Crippen molar-refractivity contribution in [1.82, 2.24) is 9.88 Å². The fourth-order valence-corrected chi connectivity index (χ4v) is 3.20. The lowest BCUT2D eigenvalue weighted by Gasteiger charge is -2.35. The van der Waals surface area contributed by atoms with Crippen LogP contribution in [0.3, 0.4) is 0 Å². The van der Waals surface area contributed by atoms with Crippen LogP contribution in [0.2, 0.25) is 0 Å². The average molecular weight is 286 g/mol. The predicted octanol–water partition coefficient (Wildman–Crippen LogP) is 3.58. The summed E-state index contributed by atoms with van der Waals surface area (Å²) in [5, 5.41) is 1.02. The molecule has 0 spiro atoms. The molecule has 1 unspecified atom stereocenters. The SMILES string of the molecule is CCC1CCCCN1C(=O)c1cc2cc(OC)ccc2[nH]1. The lowest BCUT2D eigenvalue weighted by molar-refractivity contribution is 0.0603. The van der Waals surface area contributed by atoms with E-state index in [1.165, 1.54) is 6.42 Å². The number of piperidine rings is 1. The Balaban J connectivity index is 1.90. The molecule has 4 heteroatoms. The maximum atomic E-state index is 12.8. The lowest BCUT2D eigenvalue weighted by atomic mass is 9.99. The van der Waals surface area contributed by atoms with Crippen molar-refractivity contribution in [1.29, 1.82) is 0 Å². The van der Waals surface area contributed by atoms with Crippen molar-refractivity contribution < 1.29 is 9.53 Å². The molecule has 21 heavy (non-hydrogen) atoms. The van der Waals surface area contributed by atoms with Crippen molar-refractivity contribution >= 4 is 16.8 Å². The molecule has 3 rings (SSSR count). The number of amides is 1. The van der Waals surface area contributed by atoms with Crippen LogP contribution in [0.4, 0.5) is 0 Å². The molecule has 0 radical (unpaired) electrons. The van der Waals surface area contributed by atoms with Gasteiger partial charge >= 0.3 is 0 Å². The molecular formula is C17H22N2O2. The van der Waals surface area contributed by atoms with Crippen LogP contribution in [-0.2, 0) is 0 Å². The number of hydrogen-bond acceptors (Lipinski definition) is 2. The maximum Gasteiger partial charge on any atom is 0.270 e. The fraction of sp³-hybridized carbons (Fsp3) is 0.471. The zero-order chi connectivity index (χ0) is 14.8. The summed E-state index contributed by atoms with van der Waals surface area (Å²) in [5.41, 5.74) is 1.66. The van der Waals surface area contributed by atoms with Gasteiger partial charge in [0.25, 0.3) is 5.91 Å². The van der Waals surface area contributed by atoms with Crippen molar-refractivity contribution in [3.05, 3.63) is 30.0 Å². The van der Waals surface area contributed by atoms with E-state index < -0.39 is 0 Å². The molecule has 0 bridgehead atoms. The molecule has 1 fully saturated rings. The average Bonchev–Trinajstić information content (AvgIpc) is 2.96. The van der Waals surface area contributed by atoms with Gasteiger partial charge in [-0.3, -0.25) is 4.79 Å². The lowest BCUT2D eigenvalue weighted by Crippen LogP contribution is -2.43. The van der Waals surface area contributed by atoms with Crippen molar-refractivity contribution in [2.45, 2.75) is 38.6 Å². The molecule has 1 aliphatic heterocycles. The van der Waals surface area contributed by atoms with Gasteiger partial charge in [-0.25, -0.2) is 0 Å². The number of aromatic nitrogens is 1. The van der Waals surface area contributed by atoms with E-state index >= 15 is 0 Å². The number of nitrogens with one attached hydrogen (secondary N) is 1.